The molecule has 53 heavy (non-hydrogen) atoms. The summed E-state index contributed by atoms with van der Waals surface area (Å²) in [6.45, 7) is 18.5. The molecule has 8 nitrogen and oxygen atoms in total. The third kappa shape index (κ3) is 10.9. The van der Waals surface area contributed by atoms with Crippen LogP contribution in [0.2, 0.25) is 45.3 Å². The lowest BCUT2D eigenvalue weighted by Crippen LogP contribution is -2.25. The van der Waals surface area contributed by atoms with Gasteiger partial charge in [0, 0.05) is 33.3 Å². The van der Waals surface area contributed by atoms with Crippen LogP contribution in [0.4, 0.5) is 5.82 Å². The fourth-order valence-electron chi connectivity index (χ4n) is 5.93. The maximum atomic E-state index is 13.4. The number of rotatable bonds is 15. The normalized spacial score (nSPS) is 11.6. The van der Waals surface area contributed by atoms with Crippen LogP contribution in [0.25, 0.3) is 11.0 Å². The Hall–Kier alpha value is -4.83. The number of pyridine rings is 1. The van der Waals surface area contributed by atoms with Crippen molar-refractivity contribution in [2.45, 2.75) is 78.6 Å². The highest BCUT2D eigenvalue weighted by molar-refractivity contribution is 6.83. The molecular formula is C43H54N4O4Si2. The van der Waals surface area contributed by atoms with Gasteiger partial charge in [0.1, 0.15) is 37.6 Å². The molecule has 0 aliphatic heterocycles. The zero-order valence-corrected chi connectivity index (χ0v) is 34.8. The number of benzene rings is 3. The first kappa shape index (κ1) is 39.4. The van der Waals surface area contributed by atoms with Crippen LogP contribution in [-0.4, -0.2) is 52.4 Å². The van der Waals surface area contributed by atoms with Crippen LogP contribution in [0.1, 0.15) is 38.3 Å². The van der Waals surface area contributed by atoms with E-state index < -0.39 is 16.1 Å². The van der Waals surface area contributed by atoms with Crippen molar-refractivity contribution in [2.75, 3.05) is 25.7 Å². The van der Waals surface area contributed by atoms with E-state index in [2.05, 4.69) is 103 Å². The minimum absolute atomic E-state index is 0.138. The van der Waals surface area contributed by atoms with Crippen molar-refractivity contribution >= 4 is 38.9 Å². The van der Waals surface area contributed by atoms with E-state index in [1.807, 2.05) is 54.6 Å². The Bertz CT molecular complexity index is 2010. The molecule has 10 heteroatoms. The van der Waals surface area contributed by atoms with Gasteiger partial charge in [-0.15, -0.1) is 5.54 Å². The number of anilines is 1. The predicted octanol–water partition coefficient (Wildman–Crippen LogP) is 9.04. The Balaban J connectivity index is 1.65. The minimum atomic E-state index is -1.80. The van der Waals surface area contributed by atoms with Gasteiger partial charge in [-0.05, 0) is 72.1 Å². The van der Waals surface area contributed by atoms with Crippen LogP contribution < -0.4 is 19.7 Å². The van der Waals surface area contributed by atoms with Crippen LogP contribution >= 0.6 is 0 Å². The summed E-state index contributed by atoms with van der Waals surface area (Å²) in [6.07, 6.45) is 0. The number of carbonyl (C=O) groups excluding carboxylic acids is 1. The number of aromatic nitrogens is 2. The molecule has 0 spiro atoms. The Morgan fingerprint density at radius 2 is 1.43 bits per heavy atom. The van der Waals surface area contributed by atoms with E-state index in [-0.39, 0.29) is 12.5 Å². The summed E-state index contributed by atoms with van der Waals surface area (Å²) in [5, 5.41) is 3.18. The maximum absolute atomic E-state index is 13.4. The first-order valence-electron chi connectivity index (χ1n) is 18.2. The van der Waals surface area contributed by atoms with Gasteiger partial charge in [-0.1, -0.05) is 87.7 Å². The van der Waals surface area contributed by atoms with Crippen molar-refractivity contribution in [2.24, 2.45) is 0 Å². The van der Waals surface area contributed by atoms with Crippen LogP contribution in [-0.2, 0) is 31.1 Å². The zero-order chi connectivity index (χ0) is 38.2. The summed E-state index contributed by atoms with van der Waals surface area (Å²) in [6, 6.07) is 28.9. The summed E-state index contributed by atoms with van der Waals surface area (Å²) >= 11 is 0. The van der Waals surface area contributed by atoms with Gasteiger partial charge < -0.3 is 29.0 Å². The number of hydrogen-bond acceptors (Lipinski definition) is 6. The molecule has 5 rings (SSSR count). The van der Waals surface area contributed by atoms with Crippen molar-refractivity contribution in [1.82, 2.24) is 14.9 Å². The molecule has 1 amide bonds. The molecule has 5 aromatic rings. The number of ether oxygens (including phenoxy) is 3. The van der Waals surface area contributed by atoms with Gasteiger partial charge in [0.2, 0.25) is 0 Å². The quantitative estimate of drug-likeness (QED) is 0.0655. The highest BCUT2D eigenvalue weighted by atomic mass is 28.3. The van der Waals surface area contributed by atoms with E-state index in [9.17, 15) is 4.79 Å². The average Bonchev–Trinajstić information content (AvgIpc) is 3.41. The van der Waals surface area contributed by atoms with Crippen molar-refractivity contribution in [3.8, 4) is 23.0 Å². The predicted molar refractivity (Wildman–Crippen MR) is 222 cm³/mol. The first-order valence-corrected chi connectivity index (χ1v) is 25.4. The molecule has 0 atom stereocenters. The van der Waals surface area contributed by atoms with Crippen LogP contribution in [0.5, 0.6) is 11.5 Å². The van der Waals surface area contributed by atoms with Gasteiger partial charge in [0.05, 0.1) is 37.5 Å². The highest BCUT2D eigenvalue weighted by Crippen LogP contribution is 2.32. The van der Waals surface area contributed by atoms with E-state index in [1.54, 1.807) is 14.2 Å². The Morgan fingerprint density at radius 1 is 0.849 bits per heavy atom. The van der Waals surface area contributed by atoms with Crippen molar-refractivity contribution in [3.63, 3.8) is 0 Å². The van der Waals surface area contributed by atoms with Crippen molar-refractivity contribution in [3.05, 3.63) is 118 Å². The molecule has 0 aliphatic carbocycles. The molecular weight excluding hydrogens is 693 g/mol. The molecule has 2 aromatic heterocycles. The fraction of sp³-hybridized carbons (Fsp3) is 0.349. The van der Waals surface area contributed by atoms with E-state index in [0.29, 0.717) is 32.0 Å². The number of carbonyl (C=O) groups is 1. The van der Waals surface area contributed by atoms with Crippen LogP contribution in [0.3, 0.4) is 0 Å². The minimum Gasteiger partial charge on any atom is -0.497 e. The van der Waals surface area contributed by atoms with Crippen molar-refractivity contribution in [1.29, 1.82) is 0 Å². The van der Waals surface area contributed by atoms with Crippen LogP contribution in [0, 0.1) is 18.4 Å². The second kappa shape index (κ2) is 17.3. The number of nitrogens with zero attached hydrogens (tertiary/aromatic N) is 3. The number of nitrogens with one attached hydrogen (secondary N) is 1. The van der Waals surface area contributed by atoms with Gasteiger partial charge in [0.15, 0.2) is 0 Å². The second-order valence-corrected chi connectivity index (χ2v) is 26.1. The molecule has 0 saturated carbocycles. The third-order valence-electron chi connectivity index (χ3n) is 8.90. The molecule has 3 aromatic carbocycles. The molecule has 278 valence electrons. The zero-order valence-electron chi connectivity index (χ0n) is 32.8. The van der Waals surface area contributed by atoms with Crippen LogP contribution in [0.15, 0.2) is 84.9 Å². The number of methoxy groups -OCH3 is 2. The van der Waals surface area contributed by atoms with Gasteiger partial charge in [-0.3, -0.25) is 4.79 Å². The maximum Gasteiger partial charge on any atom is 0.251 e. The lowest BCUT2D eigenvalue weighted by molar-refractivity contribution is 0.0868. The summed E-state index contributed by atoms with van der Waals surface area (Å²) in [4.78, 5) is 21.1. The molecule has 0 fully saturated rings. The Morgan fingerprint density at radius 3 is 1.96 bits per heavy atom. The Labute approximate surface area is 317 Å². The standard InChI is InChI=1S/C43H54N4O4Si2/c1-32-27-39-41(45-42(32)46(29-33-15-19-36(49-2)20-16-33)30-34-17-21-37(50-3)22-18-34)38(23-25-52(4,5)6)40(47(39)31-51-24-26-53(7,8)9)28-44-43(48)35-13-11-10-12-14-35/h10-22,27H,24,26,28-31H2,1-9H3,(H,44,48). The lowest BCUT2D eigenvalue weighted by atomic mass is 10.1. The van der Waals surface area contributed by atoms with Gasteiger partial charge >= 0.3 is 0 Å². The third-order valence-corrected chi connectivity index (χ3v) is 11.5. The van der Waals surface area contributed by atoms with E-state index in [0.717, 1.165) is 62.3 Å². The monoisotopic (exact) mass is 746 g/mol. The average molecular weight is 747 g/mol. The van der Waals surface area contributed by atoms with Gasteiger partial charge in [0.25, 0.3) is 5.91 Å². The number of amides is 1. The molecule has 0 saturated heterocycles. The van der Waals surface area contributed by atoms with E-state index in [4.69, 9.17) is 19.2 Å². The first-order chi connectivity index (χ1) is 25.2. The molecule has 0 radical (unpaired) electrons. The summed E-state index contributed by atoms with van der Waals surface area (Å²) in [5.74, 6) is 5.95. The van der Waals surface area contributed by atoms with Gasteiger partial charge in [-0.2, -0.15) is 0 Å². The highest BCUT2D eigenvalue weighted by Gasteiger charge is 2.23. The van der Waals surface area contributed by atoms with E-state index >= 15 is 0 Å². The smallest absolute Gasteiger partial charge is 0.251 e. The molecule has 0 aliphatic rings. The SMILES string of the molecule is COc1ccc(CN(Cc2ccc(OC)cc2)c2nc3c(C#C[Si](C)(C)C)c(CNC(=O)c4ccccc4)n(COCC[Si](C)(C)C)c3cc2C)cc1. The second-order valence-electron chi connectivity index (χ2n) is 15.7. The molecule has 1 N–H and O–H groups in total. The lowest BCUT2D eigenvalue weighted by Gasteiger charge is -2.26. The fourth-order valence-corrected chi connectivity index (χ4v) is 7.18. The molecule has 0 unspecified atom stereocenters. The molecule has 2 heterocycles. The topological polar surface area (TPSA) is 77.9 Å². The summed E-state index contributed by atoms with van der Waals surface area (Å²) < 4.78 is 19.4. The molecule has 0 bridgehead atoms. The summed E-state index contributed by atoms with van der Waals surface area (Å²) in [7, 11) is 0.261. The number of aryl methyl sites for hydroxylation is 1. The Kier molecular flexibility index (Phi) is 12.9. The summed E-state index contributed by atoms with van der Waals surface area (Å²) in [5.41, 5.74) is 11.0. The van der Waals surface area contributed by atoms with Gasteiger partial charge in [-0.25, -0.2) is 4.98 Å². The van der Waals surface area contributed by atoms with Crippen molar-refractivity contribution < 1.29 is 19.0 Å². The number of hydrogen-bond donors (Lipinski definition) is 1. The largest absolute Gasteiger partial charge is 0.497 e. The van der Waals surface area contributed by atoms with E-state index in [1.165, 1.54) is 0 Å². The number of fused-ring (bicyclic) bond motifs is 1.